The third-order valence-corrected chi connectivity index (χ3v) is 2.00. The van der Waals surface area contributed by atoms with Crippen LogP contribution in [0.25, 0.3) is 0 Å². The molecule has 0 aliphatic rings. The molecule has 94 valence electrons. The molecule has 16 heavy (non-hydrogen) atoms. The predicted molar refractivity (Wildman–Crippen MR) is 63.5 cm³/mol. The number of nitrogens with zero attached hydrogens (tertiary/aromatic N) is 2. The number of hydrogen-bond acceptors (Lipinski definition) is 3. The Labute approximate surface area is 96.5 Å². The van der Waals surface area contributed by atoms with Gasteiger partial charge >= 0.3 is 6.03 Å². The van der Waals surface area contributed by atoms with Gasteiger partial charge in [-0.25, -0.2) is 4.79 Å². The summed E-state index contributed by atoms with van der Waals surface area (Å²) in [5.74, 6) is -0.0591. The van der Waals surface area contributed by atoms with Crippen LogP contribution in [0.4, 0.5) is 4.79 Å². The van der Waals surface area contributed by atoms with E-state index in [0.717, 1.165) is 0 Å². The molecule has 4 N–H and O–H groups in total. The summed E-state index contributed by atoms with van der Waals surface area (Å²) in [5.41, 5.74) is 5.16. The van der Waals surface area contributed by atoms with Crippen molar-refractivity contribution in [2.45, 2.75) is 33.2 Å². The fourth-order valence-corrected chi connectivity index (χ4v) is 1.10. The largest absolute Gasteiger partial charge is 0.409 e. The molecule has 0 saturated carbocycles. The van der Waals surface area contributed by atoms with Gasteiger partial charge in [0.15, 0.2) is 0 Å². The Kier molecular flexibility index (Phi) is 5.07. The molecule has 0 heterocycles. The van der Waals surface area contributed by atoms with E-state index >= 15 is 0 Å². The summed E-state index contributed by atoms with van der Waals surface area (Å²) in [4.78, 5) is 13.2. The second kappa shape index (κ2) is 5.58. The number of urea groups is 1. The van der Waals surface area contributed by atoms with Crippen molar-refractivity contribution in [2.75, 3.05) is 13.6 Å². The lowest BCUT2D eigenvalue weighted by molar-refractivity contribution is 0.196. The van der Waals surface area contributed by atoms with Gasteiger partial charge in [0.1, 0.15) is 5.84 Å². The summed E-state index contributed by atoms with van der Waals surface area (Å²) in [5, 5.41) is 14.2. The highest BCUT2D eigenvalue weighted by molar-refractivity contribution is 5.83. The van der Waals surface area contributed by atoms with E-state index in [1.165, 1.54) is 4.90 Å². The first-order valence-electron chi connectivity index (χ1n) is 5.18. The van der Waals surface area contributed by atoms with Crippen molar-refractivity contribution >= 4 is 11.9 Å². The molecule has 6 heteroatoms. The van der Waals surface area contributed by atoms with E-state index in [4.69, 9.17) is 10.9 Å². The van der Waals surface area contributed by atoms with Crippen LogP contribution in [-0.4, -0.2) is 41.1 Å². The molecule has 1 atom stereocenters. The van der Waals surface area contributed by atoms with Crippen LogP contribution in [0.15, 0.2) is 5.16 Å². The number of rotatable bonds is 3. The van der Waals surface area contributed by atoms with Crippen LogP contribution in [0.3, 0.4) is 0 Å². The fraction of sp³-hybridized carbons (Fsp3) is 0.800. The first-order valence-corrected chi connectivity index (χ1v) is 5.18. The minimum atomic E-state index is -0.273. The minimum absolute atomic E-state index is 0.121. The summed E-state index contributed by atoms with van der Waals surface area (Å²) in [6.45, 7) is 7.91. The molecule has 6 nitrogen and oxygen atoms in total. The van der Waals surface area contributed by atoms with Crippen molar-refractivity contribution in [2.24, 2.45) is 16.8 Å². The summed E-state index contributed by atoms with van der Waals surface area (Å²) in [7, 11) is 1.67. The van der Waals surface area contributed by atoms with Gasteiger partial charge in [-0.3, -0.25) is 0 Å². The summed E-state index contributed by atoms with van der Waals surface area (Å²) in [6, 6.07) is -0.176. The van der Waals surface area contributed by atoms with Crippen molar-refractivity contribution in [3.8, 4) is 0 Å². The van der Waals surface area contributed by atoms with Gasteiger partial charge in [-0.1, -0.05) is 12.1 Å². The molecule has 0 aliphatic heterocycles. The molecule has 0 aromatic rings. The third-order valence-electron chi connectivity index (χ3n) is 2.00. The fourth-order valence-electron chi connectivity index (χ4n) is 1.10. The second-order valence-electron chi connectivity index (χ2n) is 4.99. The number of nitrogens with two attached hydrogens (primary N) is 1. The van der Waals surface area contributed by atoms with Gasteiger partial charge in [0.2, 0.25) is 0 Å². The van der Waals surface area contributed by atoms with Gasteiger partial charge in [-0.2, -0.15) is 0 Å². The molecule has 2 amide bonds. The van der Waals surface area contributed by atoms with Crippen LogP contribution in [-0.2, 0) is 0 Å². The van der Waals surface area contributed by atoms with Gasteiger partial charge < -0.3 is 21.2 Å². The molecular weight excluding hydrogens is 208 g/mol. The van der Waals surface area contributed by atoms with Gasteiger partial charge in [-0.05, 0) is 20.8 Å². The molecular formula is C10H22N4O2. The standard InChI is InChI=1S/C10H22N4O2/c1-7(8(11)13-16)6-14(5)9(15)12-10(2,3)4/h7,16H,6H2,1-5H3,(H2,11,13)(H,12,15). The molecule has 0 aromatic heterocycles. The molecule has 0 saturated heterocycles. The predicted octanol–water partition coefficient (Wildman–Crippen LogP) is 0.809. The van der Waals surface area contributed by atoms with Crippen LogP contribution in [0, 0.1) is 5.92 Å². The molecule has 0 radical (unpaired) electrons. The molecule has 0 aromatic carbocycles. The Morgan fingerprint density at radius 2 is 2.06 bits per heavy atom. The Balaban J connectivity index is 4.26. The molecule has 0 spiro atoms. The Bertz CT molecular complexity index is 270. The highest BCUT2D eigenvalue weighted by atomic mass is 16.4. The molecule has 1 unspecified atom stereocenters. The third kappa shape index (κ3) is 5.43. The number of amides is 2. The lowest BCUT2D eigenvalue weighted by Crippen LogP contribution is -2.48. The monoisotopic (exact) mass is 230 g/mol. The smallest absolute Gasteiger partial charge is 0.317 e. The summed E-state index contributed by atoms with van der Waals surface area (Å²) >= 11 is 0. The Hall–Kier alpha value is -1.46. The highest BCUT2D eigenvalue weighted by Gasteiger charge is 2.19. The van der Waals surface area contributed by atoms with Gasteiger partial charge in [-0.15, -0.1) is 0 Å². The second-order valence-corrected chi connectivity index (χ2v) is 4.99. The quantitative estimate of drug-likeness (QED) is 0.290. The minimum Gasteiger partial charge on any atom is -0.409 e. The number of oxime groups is 1. The molecule has 0 bridgehead atoms. The van der Waals surface area contributed by atoms with Gasteiger partial charge in [0.25, 0.3) is 0 Å². The lowest BCUT2D eigenvalue weighted by atomic mass is 10.1. The van der Waals surface area contributed by atoms with E-state index in [-0.39, 0.29) is 23.3 Å². The zero-order valence-electron chi connectivity index (χ0n) is 10.6. The number of nitrogens with one attached hydrogen (secondary N) is 1. The van der Waals surface area contributed by atoms with Crippen molar-refractivity contribution < 1.29 is 10.0 Å². The molecule has 0 rings (SSSR count). The zero-order valence-corrected chi connectivity index (χ0v) is 10.6. The maximum absolute atomic E-state index is 11.7. The van der Waals surface area contributed by atoms with E-state index < -0.39 is 0 Å². The van der Waals surface area contributed by atoms with E-state index in [2.05, 4.69) is 10.5 Å². The van der Waals surface area contributed by atoms with Crippen molar-refractivity contribution in [3.05, 3.63) is 0 Å². The van der Waals surface area contributed by atoms with E-state index in [1.54, 1.807) is 14.0 Å². The van der Waals surface area contributed by atoms with Crippen LogP contribution >= 0.6 is 0 Å². The highest BCUT2D eigenvalue weighted by Crippen LogP contribution is 2.03. The van der Waals surface area contributed by atoms with Gasteiger partial charge in [0.05, 0.1) is 0 Å². The van der Waals surface area contributed by atoms with Crippen LogP contribution in [0.2, 0.25) is 0 Å². The molecule has 0 aliphatic carbocycles. The number of amidine groups is 1. The van der Waals surface area contributed by atoms with Crippen molar-refractivity contribution in [1.29, 1.82) is 0 Å². The average Bonchev–Trinajstić information content (AvgIpc) is 2.13. The van der Waals surface area contributed by atoms with Crippen LogP contribution in [0.1, 0.15) is 27.7 Å². The Morgan fingerprint density at radius 3 is 2.44 bits per heavy atom. The SMILES string of the molecule is CC(CN(C)C(=O)NC(C)(C)C)C(N)=NO. The zero-order chi connectivity index (χ0) is 12.9. The van der Waals surface area contributed by atoms with E-state index in [1.807, 2.05) is 20.8 Å². The topological polar surface area (TPSA) is 91.0 Å². The summed E-state index contributed by atoms with van der Waals surface area (Å²) < 4.78 is 0. The maximum Gasteiger partial charge on any atom is 0.317 e. The van der Waals surface area contributed by atoms with E-state index in [9.17, 15) is 4.79 Å². The van der Waals surface area contributed by atoms with Crippen LogP contribution in [0.5, 0.6) is 0 Å². The van der Waals surface area contributed by atoms with Gasteiger partial charge in [0, 0.05) is 25.0 Å². The Morgan fingerprint density at radius 1 is 1.56 bits per heavy atom. The maximum atomic E-state index is 11.7. The lowest BCUT2D eigenvalue weighted by Gasteiger charge is -2.27. The normalized spacial score (nSPS) is 14.4. The number of carbonyl (C=O) groups is 1. The average molecular weight is 230 g/mol. The van der Waals surface area contributed by atoms with E-state index in [0.29, 0.717) is 6.54 Å². The first kappa shape index (κ1) is 14.5. The number of hydrogen-bond donors (Lipinski definition) is 3. The number of carbonyl (C=O) groups excluding carboxylic acids is 1. The molecule has 0 fully saturated rings. The van der Waals surface area contributed by atoms with Crippen molar-refractivity contribution in [3.63, 3.8) is 0 Å². The summed E-state index contributed by atoms with van der Waals surface area (Å²) in [6.07, 6.45) is 0. The first-order chi connectivity index (χ1) is 7.17. The van der Waals surface area contributed by atoms with Crippen LogP contribution < -0.4 is 11.1 Å². The van der Waals surface area contributed by atoms with Crippen molar-refractivity contribution in [1.82, 2.24) is 10.2 Å².